The Morgan fingerprint density at radius 1 is 1.35 bits per heavy atom. The van der Waals surface area contributed by atoms with E-state index >= 15 is 0 Å². The van der Waals surface area contributed by atoms with Crippen molar-refractivity contribution in [3.05, 3.63) is 0 Å². The van der Waals surface area contributed by atoms with Crippen LogP contribution in [0.25, 0.3) is 0 Å². The fourth-order valence-corrected chi connectivity index (χ4v) is 3.99. The van der Waals surface area contributed by atoms with Crippen LogP contribution in [-0.4, -0.2) is 12.6 Å². The lowest BCUT2D eigenvalue weighted by atomic mass is 9.83. The third-order valence-electron chi connectivity index (χ3n) is 5.16. The van der Waals surface area contributed by atoms with Crippen molar-refractivity contribution in [2.75, 3.05) is 6.61 Å². The monoisotopic (exact) mass is 234 g/mol. The van der Waals surface area contributed by atoms with Crippen LogP contribution in [0.3, 0.4) is 0 Å². The summed E-state index contributed by atoms with van der Waals surface area (Å²) in [5, 5.41) is 0. The van der Waals surface area contributed by atoms with Gasteiger partial charge in [0.25, 0.3) is 0 Å². The first-order valence-corrected chi connectivity index (χ1v) is 6.66. The van der Waals surface area contributed by atoms with Crippen molar-refractivity contribution in [3.63, 3.8) is 0 Å². The molecule has 2 nitrogen and oxygen atoms in total. The summed E-state index contributed by atoms with van der Waals surface area (Å²) < 4.78 is 5.25. The fraction of sp³-hybridized carbons (Fsp3) is 0.800. The van der Waals surface area contributed by atoms with Gasteiger partial charge in [0, 0.05) is 25.7 Å². The van der Waals surface area contributed by atoms with Gasteiger partial charge < -0.3 is 4.74 Å². The summed E-state index contributed by atoms with van der Waals surface area (Å²) >= 11 is 0. The van der Waals surface area contributed by atoms with E-state index in [4.69, 9.17) is 4.74 Å². The Morgan fingerprint density at radius 2 is 2.00 bits per heavy atom. The van der Waals surface area contributed by atoms with Gasteiger partial charge in [-0.2, -0.15) is 0 Å². The molecule has 1 fully saturated rings. The van der Waals surface area contributed by atoms with Gasteiger partial charge in [-0.05, 0) is 30.1 Å². The highest BCUT2D eigenvalue weighted by Gasteiger charge is 2.71. The Balaban J connectivity index is 2.11. The minimum absolute atomic E-state index is 0.157. The van der Waals surface area contributed by atoms with E-state index < -0.39 is 0 Å². The van der Waals surface area contributed by atoms with Gasteiger partial charge in [-0.15, -0.1) is 11.8 Å². The van der Waals surface area contributed by atoms with E-state index in [2.05, 4.69) is 25.7 Å². The van der Waals surface area contributed by atoms with Gasteiger partial charge >= 0.3 is 5.97 Å². The maximum atomic E-state index is 11.0. The summed E-state index contributed by atoms with van der Waals surface area (Å²) in [6, 6.07) is 0. The van der Waals surface area contributed by atoms with Gasteiger partial charge in [-0.1, -0.05) is 13.8 Å². The van der Waals surface area contributed by atoms with Crippen molar-refractivity contribution in [2.24, 2.45) is 16.7 Å². The largest absolute Gasteiger partial charge is 0.466 e. The molecular formula is C15H22O2. The minimum Gasteiger partial charge on any atom is -0.466 e. The number of hydrogen-bond donors (Lipinski definition) is 0. The van der Waals surface area contributed by atoms with Crippen LogP contribution in [-0.2, 0) is 9.53 Å². The van der Waals surface area contributed by atoms with Gasteiger partial charge in [-0.25, -0.2) is 0 Å². The number of rotatable bonds is 3. The van der Waals surface area contributed by atoms with E-state index in [9.17, 15) is 4.79 Å². The molecule has 0 N–H and O–H groups in total. The van der Waals surface area contributed by atoms with E-state index in [0.717, 1.165) is 19.3 Å². The van der Waals surface area contributed by atoms with E-state index in [1.54, 1.807) is 0 Å². The van der Waals surface area contributed by atoms with Crippen LogP contribution in [0.4, 0.5) is 0 Å². The van der Waals surface area contributed by atoms with Gasteiger partial charge in [-0.3, -0.25) is 4.79 Å². The Bertz CT molecular complexity index is 376. The zero-order valence-electron chi connectivity index (χ0n) is 11.1. The van der Waals surface area contributed by atoms with E-state index in [0.29, 0.717) is 23.4 Å². The van der Waals surface area contributed by atoms with Gasteiger partial charge in [0.05, 0.1) is 6.61 Å². The fourth-order valence-electron chi connectivity index (χ4n) is 3.99. The lowest BCUT2D eigenvalue weighted by molar-refractivity contribution is -0.141. The zero-order valence-corrected chi connectivity index (χ0v) is 11.1. The molecule has 2 aliphatic carbocycles. The van der Waals surface area contributed by atoms with Crippen molar-refractivity contribution in [3.8, 4) is 11.8 Å². The highest BCUT2D eigenvalue weighted by atomic mass is 16.5. The number of carbonyl (C=O) groups is 1. The molecule has 2 aliphatic rings. The predicted octanol–water partition coefficient (Wildman–Crippen LogP) is 3.16. The molecule has 0 aromatic rings. The topological polar surface area (TPSA) is 26.3 Å². The van der Waals surface area contributed by atoms with E-state index in [1.165, 1.54) is 19.8 Å². The molecule has 3 atom stereocenters. The summed E-state index contributed by atoms with van der Waals surface area (Å²) in [7, 11) is 0. The highest BCUT2D eigenvalue weighted by molar-refractivity contribution is 5.66. The van der Waals surface area contributed by atoms with Gasteiger partial charge in [0.2, 0.25) is 0 Å². The average molecular weight is 234 g/mol. The summed E-state index contributed by atoms with van der Waals surface area (Å²) in [5.41, 5.74) is 0.712. The predicted molar refractivity (Wildman–Crippen MR) is 67.2 cm³/mol. The zero-order chi connectivity index (χ0) is 12.5. The number of carbonyl (C=O) groups excluding carboxylic acids is 1. The second-order valence-corrected chi connectivity index (χ2v) is 5.64. The van der Waals surface area contributed by atoms with Crippen LogP contribution in [0, 0.1) is 28.6 Å². The molecule has 0 spiro atoms. The molecule has 0 bridgehead atoms. The highest BCUT2D eigenvalue weighted by Crippen LogP contribution is 2.75. The first-order valence-electron chi connectivity index (χ1n) is 6.66. The molecule has 0 radical (unpaired) electrons. The summed E-state index contributed by atoms with van der Waals surface area (Å²) in [5.74, 6) is 6.86. The smallest absolute Gasteiger partial charge is 0.302 e. The lowest BCUT2D eigenvalue weighted by Crippen LogP contribution is -2.11. The SMILES string of the molecule is CC[C@]12CCC#CCCC1(C)[C@H]2COC(C)=O. The Kier molecular flexibility index (Phi) is 3.21. The molecule has 0 aromatic carbocycles. The second kappa shape index (κ2) is 4.37. The Labute approximate surface area is 104 Å². The van der Waals surface area contributed by atoms with Crippen molar-refractivity contribution >= 4 is 5.97 Å². The van der Waals surface area contributed by atoms with Crippen molar-refractivity contribution in [2.45, 2.75) is 52.9 Å². The van der Waals surface area contributed by atoms with Gasteiger partial charge in [0.1, 0.15) is 0 Å². The third-order valence-corrected chi connectivity index (χ3v) is 5.16. The molecule has 2 rings (SSSR count). The first kappa shape index (κ1) is 12.5. The van der Waals surface area contributed by atoms with Crippen LogP contribution in [0.2, 0.25) is 0 Å². The Hall–Kier alpha value is -0.970. The van der Waals surface area contributed by atoms with E-state index in [-0.39, 0.29) is 5.97 Å². The minimum atomic E-state index is -0.157. The molecule has 0 heterocycles. The summed E-state index contributed by atoms with van der Waals surface area (Å²) in [4.78, 5) is 11.0. The molecular weight excluding hydrogens is 212 g/mol. The van der Waals surface area contributed by atoms with E-state index in [1.807, 2.05) is 0 Å². The standard InChI is InChI=1S/C15H22O2/c1-4-15-10-8-6-5-7-9-14(15,3)13(15)11-17-12(2)16/h13H,4,7-11H2,1-3H3/t13-,14?,15-/m1/s1. The van der Waals surface area contributed by atoms with Crippen molar-refractivity contribution < 1.29 is 9.53 Å². The Morgan fingerprint density at radius 3 is 2.59 bits per heavy atom. The van der Waals surface area contributed by atoms with Gasteiger partial charge in [0.15, 0.2) is 0 Å². The van der Waals surface area contributed by atoms with Crippen molar-refractivity contribution in [1.29, 1.82) is 0 Å². The molecule has 17 heavy (non-hydrogen) atoms. The van der Waals surface area contributed by atoms with Crippen LogP contribution < -0.4 is 0 Å². The molecule has 0 amide bonds. The third kappa shape index (κ3) is 1.86. The maximum Gasteiger partial charge on any atom is 0.302 e. The lowest BCUT2D eigenvalue weighted by Gasteiger charge is -2.20. The number of fused-ring (bicyclic) bond motifs is 1. The molecule has 94 valence electrons. The van der Waals surface area contributed by atoms with Crippen molar-refractivity contribution in [1.82, 2.24) is 0 Å². The van der Waals surface area contributed by atoms with Crippen LogP contribution in [0.15, 0.2) is 0 Å². The summed E-state index contributed by atoms with van der Waals surface area (Å²) in [6.07, 6.45) is 5.49. The molecule has 0 aromatic heterocycles. The number of hydrogen-bond acceptors (Lipinski definition) is 2. The van der Waals surface area contributed by atoms with Crippen LogP contribution >= 0.6 is 0 Å². The summed E-state index contributed by atoms with van der Waals surface area (Å²) in [6.45, 7) is 6.72. The molecule has 1 saturated carbocycles. The maximum absolute atomic E-state index is 11.0. The normalized spacial score (nSPS) is 39.1. The van der Waals surface area contributed by atoms with Crippen LogP contribution in [0.5, 0.6) is 0 Å². The molecule has 0 aliphatic heterocycles. The number of esters is 1. The quantitative estimate of drug-likeness (QED) is 0.554. The number of ether oxygens (including phenoxy) is 1. The first-order chi connectivity index (χ1) is 8.07. The molecule has 2 heteroatoms. The average Bonchev–Trinajstić information content (AvgIpc) is 2.75. The molecule has 1 unspecified atom stereocenters. The molecule has 0 saturated heterocycles. The van der Waals surface area contributed by atoms with Crippen LogP contribution in [0.1, 0.15) is 52.9 Å². The second-order valence-electron chi connectivity index (χ2n) is 5.64.